The minimum Gasteiger partial charge on any atom is -0.462 e. The Morgan fingerprint density at radius 2 is 2.25 bits per heavy atom. The van der Waals surface area contributed by atoms with Crippen LogP contribution in [0.2, 0.25) is 0 Å². The largest absolute Gasteiger partial charge is 0.462 e. The van der Waals surface area contributed by atoms with E-state index >= 15 is 0 Å². The average Bonchev–Trinajstić information content (AvgIpc) is 2.33. The van der Waals surface area contributed by atoms with Crippen molar-refractivity contribution in [2.75, 3.05) is 6.54 Å². The average molecular weight is 172 g/mol. The number of carbonyl (C=O) groups is 1. The molecular weight excluding hydrogens is 156 g/mol. The van der Waals surface area contributed by atoms with E-state index < -0.39 is 0 Å². The molecule has 2 N–H and O–H groups in total. The SMILES string of the molecule is CC(C)OC(=O)C1NNCC1C. The van der Waals surface area contributed by atoms with E-state index in [1.54, 1.807) is 0 Å². The number of carbonyl (C=O) groups excluding carboxylic acids is 1. The fourth-order valence-electron chi connectivity index (χ4n) is 1.19. The van der Waals surface area contributed by atoms with Crippen LogP contribution in [0.4, 0.5) is 0 Å². The van der Waals surface area contributed by atoms with E-state index in [4.69, 9.17) is 4.74 Å². The molecule has 70 valence electrons. The monoisotopic (exact) mass is 172 g/mol. The lowest BCUT2D eigenvalue weighted by atomic mass is 10.1. The summed E-state index contributed by atoms with van der Waals surface area (Å²) in [5, 5.41) is 0. The normalized spacial score (nSPS) is 29.3. The van der Waals surface area contributed by atoms with Crippen LogP contribution in [0.1, 0.15) is 20.8 Å². The number of nitrogens with one attached hydrogen (secondary N) is 2. The van der Waals surface area contributed by atoms with Crippen molar-refractivity contribution in [1.29, 1.82) is 0 Å². The quantitative estimate of drug-likeness (QED) is 0.578. The van der Waals surface area contributed by atoms with E-state index in [-0.39, 0.29) is 18.1 Å². The molecule has 12 heavy (non-hydrogen) atoms. The second kappa shape index (κ2) is 3.87. The lowest BCUT2D eigenvalue weighted by Crippen LogP contribution is -2.40. The van der Waals surface area contributed by atoms with Gasteiger partial charge < -0.3 is 4.74 Å². The minimum absolute atomic E-state index is 0.0351. The van der Waals surface area contributed by atoms with E-state index in [0.717, 1.165) is 6.54 Å². The van der Waals surface area contributed by atoms with Crippen LogP contribution >= 0.6 is 0 Å². The lowest BCUT2D eigenvalue weighted by Gasteiger charge is -2.15. The van der Waals surface area contributed by atoms with E-state index in [9.17, 15) is 4.79 Å². The summed E-state index contributed by atoms with van der Waals surface area (Å²) in [6.07, 6.45) is -0.0351. The maximum atomic E-state index is 11.3. The van der Waals surface area contributed by atoms with Crippen LogP contribution in [-0.2, 0) is 9.53 Å². The summed E-state index contributed by atoms with van der Waals surface area (Å²) in [7, 11) is 0. The van der Waals surface area contributed by atoms with Crippen LogP contribution < -0.4 is 10.9 Å². The molecular formula is C8H16N2O2. The number of esters is 1. The van der Waals surface area contributed by atoms with Crippen molar-refractivity contribution in [3.05, 3.63) is 0 Å². The molecule has 0 saturated carbocycles. The molecule has 1 fully saturated rings. The van der Waals surface area contributed by atoms with Gasteiger partial charge in [0.2, 0.25) is 0 Å². The first-order valence-electron chi connectivity index (χ1n) is 4.30. The van der Waals surface area contributed by atoms with Crippen LogP contribution in [0, 0.1) is 5.92 Å². The van der Waals surface area contributed by atoms with Crippen molar-refractivity contribution in [2.45, 2.75) is 32.9 Å². The Hall–Kier alpha value is -0.610. The topological polar surface area (TPSA) is 50.4 Å². The van der Waals surface area contributed by atoms with E-state index in [1.165, 1.54) is 0 Å². The van der Waals surface area contributed by atoms with Gasteiger partial charge in [0.25, 0.3) is 0 Å². The summed E-state index contributed by atoms with van der Waals surface area (Å²) in [5.74, 6) is 0.138. The highest BCUT2D eigenvalue weighted by atomic mass is 16.5. The van der Waals surface area contributed by atoms with Gasteiger partial charge in [-0.25, -0.2) is 5.43 Å². The first-order valence-corrected chi connectivity index (χ1v) is 4.30. The number of hydrazine groups is 1. The molecule has 0 bridgehead atoms. The van der Waals surface area contributed by atoms with Gasteiger partial charge in [-0.05, 0) is 19.8 Å². The van der Waals surface area contributed by atoms with Gasteiger partial charge in [0, 0.05) is 6.54 Å². The molecule has 0 aliphatic carbocycles. The summed E-state index contributed by atoms with van der Waals surface area (Å²) in [6, 6.07) is -0.188. The van der Waals surface area contributed by atoms with Crippen molar-refractivity contribution < 1.29 is 9.53 Å². The molecule has 0 aromatic carbocycles. The molecule has 0 radical (unpaired) electrons. The Morgan fingerprint density at radius 1 is 1.58 bits per heavy atom. The molecule has 0 aromatic heterocycles. The zero-order valence-electron chi connectivity index (χ0n) is 7.76. The van der Waals surface area contributed by atoms with Crippen molar-refractivity contribution in [2.24, 2.45) is 5.92 Å². The highest BCUT2D eigenvalue weighted by Crippen LogP contribution is 2.08. The maximum absolute atomic E-state index is 11.3. The summed E-state index contributed by atoms with van der Waals surface area (Å²) in [4.78, 5) is 11.3. The van der Waals surface area contributed by atoms with Crippen molar-refractivity contribution in [3.63, 3.8) is 0 Å². The Bertz CT molecular complexity index is 170. The molecule has 0 amide bonds. The predicted molar refractivity (Wildman–Crippen MR) is 45.3 cm³/mol. The third-order valence-corrected chi connectivity index (χ3v) is 1.86. The fraction of sp³-hybridized carbons (Fsp3) is 0.875. The Labute approximate surface area is 72.6 Å². The van der Waals surface area contributed by atoms with Gasteiger partial charge >= 0.3 is 5.97 Å². The second-order valence-corrected chi connectivity index (χ2v) is 3.47. The zero-order chi connectivity index (χ0) is 9.14. The van der Waals surface area contributed by atoms with Gasteiger partial charge in [0.15, 0.2) is 0 Å². The molecule has 1 heterocycles. The number of hydrogen-bond donors (Lipinski definition) is 2. The smallest absolute Gasteiger partial charge is 0.325 e. The number of rotatable bonds is 2. The van der Waals surface area contributed by atoms with Crippen LogP contribution in [0.15, 0.2) is 0 Å². The van der Waals surface area contributed by atoms with E-state index in [0.29, 0.717) is 5.92 Å². The van der Waals surface area contributed by atoms with Crippen molar-refractivity contribution in [1.82, 2.24) is 10.9 Å². The third kappa shape index (κ3) is 2.19. The van der Waals surface area contributed by atoms with Gasteiger partial charge in [0.1, 0.15) is 6.04 Å². The molecule has 0 aromatic rings. The Morgan fingerprint density at radius 3 is 2.67 bits per heavy atom. The zero-order valence-corrected chi connectivity index (χ0v) is 7.76. The third-order valence-electron chi connectivity index (χ3n) is 1.86. The second-order valence-electron chi connectivity index (χ2n) is 3.47. The van der Waals surface area contributed by atoms with Crippen LogP contribution in [-0.4, -0.2) is 24.7 Å². The number of ether oxygens (including phenoxy) is 1. The predicted octanol–water partition coefficient (Wildman–Crippen LogP) is 0.0505. The number of hydrogen-bond acceptors (Lipinski definition) is 4. The summed E-state index contributed by atoms with van der Waals surface area (Å²) >= 11 is 0. The van der Waals surface area contributed by atoms with Crippen LogP contribution in [0.5, 0.6) is 0 Å². The first kappa shape index (κ1) is 9.48. The molecule has 4 heteroatoms. The molecule has 1 saturated heterocycles. The van der Waals surface area contributed by atoms with Gasteiger partial charge in [-0.1, -0.05) is 6.92 Å². The summed E-state index contributed by atoms with van der Waals surface area (Å²) in [5.41, 5.74) is 5.81. The maximum Gasteiger partial charge on any atom is 0.325 e. The first-order chi connectivity index (χ1) is 5.61. The fourth-order valence-corrected chi connectivity index (χ4v) is 1.19. The lowest BCUT2D eigenvalue weighted by molar-refractivity contribution is -0.150. The van der Waals surface area contributed by atoms with E-state index in [1.807, 2.05) is 20.8 Å². The minimum atomic E-state index is -0.188. The molecule has 0 spiro atoms. The summed E-state index contributed by atoms with van der Waals surface area (Å²) < 4.78 is 5.06. The molecule has 1 aliphatic heterocycles. The Balaban J connectivity index is 2.41. The molecule has 2 atom stereocenters. The standard InChI is InChI=1S/C8H16N2O2/c1-5(2)12-8(11)7-6(3)4-9-10-7/h5-7,9-10H,4H2,1-3H3. The summed E-state index contributed by atoms with van der Waals surface area (Å²) in [6.45, 7) is 6.53. The van der Waals surface area contributed by atoms with Crippen molar-refractivity contribution in [3.8, 4) is 0 Å². The van der Waals surface area contributed by atoms with Gasteiger partial charge in [-0.3, -0.25) is 10.2 Å². The Kier molecular flexibility index (Phi) is 3.05. The van der Waals surface area contributed by atoms with Crippen LogP contribution in [0.25, 0.3) is 0 Å². The molecule has 2 unspecified atom stereocenters. The van der Waals surface area contributed by atoms with Crippen LogP contribution in [0.3, 0.4) is 0 Å². The van der Waals surface area contributed by atoms with Crippen molar-refractivity contribution >= 4 is 5.97 Å². The van der Waals surface area contributed by atoms with Gasteiger partial charge in [-0.15, -0.1) is 0 Å². The highest BCUT2D eigenvalue weighted by molar-refractivity contribution is 5.76. The van der Waals surface area contributed by atoms with Gasteiger partial charge in [0.05, 0.1) is 6.10 Å². The highest BCUT2D eigenvalue weighted by Gasteiger charge is 2.30. The molecule has 1 rings (SSSR count). The molecule has 4 nitrogen and oxygen atoms in total. The van der Waals surface area contributed by atoms with E-state index in [2.05, 4.69) is 10.9 Å². The van der Waals surface area contributed by atoms with Gasteiger partial charge in [-0.2, -0.15) is 0 Å². The molecule has 1 aliphatic rings.